The Morgan fingerprint density at radius 1 is 0.763 bits per heavy atom. The average molecular weight is 539 g/mol. The van der Waals surface area contributed by atoms with Gasteiger partial charge in [-0.15, -0.1) is 0 Å². The Morgan fingerprint density at radius 2 is 1.32 bits per heavy atom. The molecule has 0 spiro atoms. The molecule has 0 atom stereocenters. The Labute approximate surface area is 218 Å². The number of aromatic nitrogens is 6. The summed E-state index contributed by atoms with van der Waals surface area (Å²) in [7, 11) is -3.91. The van der Waals surface area contributed by atoms with E-state index < -0.39 is 10.0 Å². The Balaban J connectivity index is 1.20. The van der Waals surface area contributed by atoms with Crippen molar-refractivity contribution in [3.63, 3.8) is 0 Å². The van der Waals surface area contributed by atoms with Gasteiger partial charge in [0.15, 0.2) is 5.52 Å². The Kier molecular flexibility index (Phi) is 6.72. The van der Waals surface area contributed by atoms with E-state index in [2.05, 4.69) is 35.1 Å². The molecule has 2 fully saturated rings. The zero-order chi connectivity index (χ0) is 26.0. The summed E-state index contributed by atoms with van der Waals surface area (Å²) in [5, 5.41) is 7.86. The standard InChI is InChI=1S/C24H26N8O5S/c33-38(34,32-15-7-18(8-16-32)36-24-27-11-2-12-28-24)22-20(4-3-19-21(22)30-37-29-19)31-13-5-17(6-14-31)35-23-25-9-1-10-26-23/h1-4,9-12,17-18H,5-8,13-16H2. The van der Waals surface area contributed by atoms with Crippen LogP contribution in [-0.2, 0) is 10.0 Å². The van der Waals surface area contributed by atoms with Crippen LogP contribution in [0.4, 0.5) is 5.69 Å². The third-order valence-corrected chi connectivity index (χ3v) is 8.73. The van der Waals surface area contributed by atoms with Gasteiger partial charge in [-0.2, -0.15) is 4.31 Å². The van der Waals surface area contributed by atoms with Crippen LogP contribution in [0, 0.1) is 0 Å². The number of anilines is 1. The molecule has 1 aromatic carbocycles. The fraction of sp³-hybridized carbons (Fsp3) is 0.417. The molecule has 0 N–H and O–H groups in total. The Bertz CT molecular complexity index is 1470. The van der Waals surface area contributed by atoms with Gasteiger partial charge in [0, 0.05) is 63.8 Å². The van der Waals surface area contributed by atoms with Crippen molar-refractivity contribution < 1.29 is 22.5 Å². The summed E-state index contributed by atoms with van der Waals surface area (Å²) >= 11 is 0. The van der Waals surface area contributed by atoms with Gasteiger partial charge in [0.1, 0.15) is 22.6 Å². The van der Waals surface area contributed by atoms with Crippen LogP contribution in [0.5, 0.6) is 12.0 Å². The number of rotatable bonds is 7. The molecule has 0 radical (unpaired) electrons. The third kappa shape index (κ3) is 4.96. The van der Waals surface area contributed by atoms with Crippen LogP contribution >= 0.6 is 0 Å². The van der Waals surface area contributed by atoms with Crippen molar-refractivity contribution in [3.8, 4) is 12.0 Å². The van der Waals surface area contributed by atoms with Crippen molar-refractivity contribution in [2.75, 3.05) is 31.1 Å². The first-order valence-corrected chi connectivity index (χ1v) is 13.9. The van der Waals surface area contributed by atoms with Gasteiger partial charge >= 0.3 is 12.0 Å². The number of piperidine rings is 2. The molecule has 38 heavy (non-hydrogen) atoms. The van der Waals surface area contributed by atoms with Gasteiger partial charge in [-0.05, 0) is 47.4 Å². The third-order valence-electron chi connectivity index (χ3n) is 6.77. The molecule has 4 aromatic rings. The minimum absolute atomic E-state index is 0.0567. The second kappa shape index (κ2) is 10.5. The highest BCUT2D eigenvalue weighted by Crippen LogP contribution is 2.36. The first kappa shape index (κ1) is 24.4. The minimum Gasteiger partial charge on any atom is -0.460 e. The minimum atomic E-state index is -3.91. The molecule has 5 heterocycles. The molecule has 13 nitrogen and oxygen atoms in total. The lowest BCUT2D eigenvalue weighted by Crippen LogP contribution is -2.43. The van der Waals surface area contributed by atoms with Gasteiger partial charge in [-0.25, -0.2) is 33.0 Å². The van der Waals surface area contributed by atoms with Gasteiger partial charge < -0.3 is 14.4 Å². The predicted octanol–water partition coefficient (Wildman–Crippen LogP) is 2.08. The van der Waals surface area contributed by atoms with Gasteiger partial charge in [0.25, 0.3) is 0 Å². The summed E-state index contributed by atoms with van der Waals surface area (Å²) in [5.74, 6) is 0. The number of benzene rings is 1. The highest BCUT2D eigenvalue weighted by atomic mass is 32.2. The normalized spacial score (nSPS) is 18.1. The maximum atomic E-state index is 14.0. The first-order chi connectivity index (χ1) is 18.6. The molecular formula is C24H26N8O5S. The molecule has 0 aliphatic carbocycles. The summed E-state index contributed by atoms with van der Waals surface area (Å²) < 4.78 is 46.2. The SMILES string of the molecule is O=S(=O)(c1c(N2CCC(Oc3ncccn3)CC2)ccc2nonc12)N1CCC(Oc2ncccn2)CC1. The summed E-state index contributed by atoms with van der Waals surface area (Å²) in [5.41, 5.74) is 1.21. The molecule has 0 amide bonds. The smallest absolute Gasteiger partial charge is 0.316 e. The molecule has 0 bridgehead atoms. The van der Waals surface area contributed by atoms with Gasteiger partial charge in [0.2, 0.25) is 10.0 Å². The topological polar surface area (TPSA) is 150 Å². The van der Waals surface area contributed by atoms with Crippen LogP contribution < -0.4 is 14.4 Å². The van der Waals surface area contributed by atoms with Crippen molar-refractivity contribution in [2.24, 2.45) is 0 Å². The zero-order valence-corrected chi connectivity index (χ0v) is 21.3. The lowest BCUT2D eigenvalue weighted by Gasteiger charge is -2.35. The summed E-state index contributed by atoms with van der Waals surface area (Å²) in [6.07, 6.45) is 8.70. The molecule has 2 aliphatic heterocycles. The van der Waals surface area contributed by atoms with Crippen LogP contribution in [-0.4, -0.2) is 81.4 Å². The van der Waals surface area contributed by atoms with E-state index in [0.717, 1.165) is 0 Å². The van der Waals surface area contributed by atoms with Crippen molar-refractivity contribution in [2.45, 2.75) is 42.8 Å². The number of ether oxygens (including phenoxy) is 2. The number of nitrogens with zero attached hydrogens (tertiary/aromatic N) is 8. The molecule has 2 saturated heterocycles. The molecule has 2 aliphatic rings. The predicted molar refractivity (Wildman–Crippen MR) is 134 cm³/mol. The van der Waals surface area contributed by atoms with Crippen molar-refractivity contribution in [3.05, 3.63) is 49.1 Å². The van der Waals surface area contributed by atoms with E-state index in [1.807, 2.05) is 0 Å². The Morgan fingerprint density at radius 3 is 1.89 bits per heavy atom. The van der Waals surface area contributed by atoms with E-state index in [0.29, 0.717) is 75.1 Å². The monoisotopic (exact) mass is 538 g/mol. The largest absolute Gasteiger partial charge is 0.460 e. The summed E-state index contributed by atoms with van der Waals surface area (Å²) in [6, 6.07) is 7.60. The summed E-state index contributed by atoms with van der Waals surface area (Å²) in [4.78, 5) is 18.6. The van der Waals surface area contributed by atoms with Gasteiger partial charge in [-0.1, -0.05) is 0 Å². The number of fused-ring (bicyclic) bond motifs is 1. The van der Waals surface area contributed by atoms with Gasteiger partial charge in [0.05, 0.1) is 5.69 Å². The summed E-state index contributed by atoms with van der Waals surface area (Å²) in [6.45, 7) is 1.80. The van der Waals surface area contributed by atoms with E-state index in [1.165, 1.54) is 4.31 Å². The second-order valence-electron chi connectivity index (χ2n) is 9.13. The lowest BCUT2D eigenvalue weighted by molar-refractivity contribution is 0.124. The van der Waals surface area contributed by atoms with E-state index in [1.54, 1.807) is 49.1 Å². The molecular weight excluding hydrogens is 512 g/mol. The second-order valence-corrected chi connectivity index (χ2v) is 11.0. The first-order valence-electron chi connectivity index (χ1n) is 12.5. The molecule has 198 valence electrons. The molecule has 0 unspecified atom stereocenters. The van der Waals surface area contributed by atoms with E-state index in [9.17, 15) is 8.42 Å². The van der Waals surface area contributed by atoms with Crippen LogP contribution in [0.25, 0.3) is 11.0 Å². The van der Waals surface area contributed by atoms with Crippen LogP contribution in [0.1, 0.15) is 25.7 Å². The van der Waals surface area contributed by atoms with Gasteiger partial charge in [-0.3, -0.25) is 0 Å². The van der Waals surface area contributed by atoms with E-state index >= 15 is 0 Å². The highest BCUT2D eigenvalue weighted by molar-refractivity contribution is 7.89. The highest BCUT2D eigenvalue weighted by Gasteiger charge is 2.36. The lowest BCUT2D eigenvalue weighted by atomic mass is 10.1. The average Bonchev–Trinajstić information content (AvgIpc) is 3.43. The van der Waals surface area contributed by atoms with Crippen molar-refractivity contribution >= 4 is 26.7 Å². The quantitative estimate of drug-likeness (QED) is 0.339. The maximum absolute atomic E-state index is 14.0. The number of hydrogen-bond donors (Lipinski definition) is 0. The molecule has 6 rings (SSSR count). The number of hydrogen-bond acceptors (Lipinski definition) is 12. The number of sulfonamides is 1. The van der Waals surface area contributed by atoms with Crippen molar-refractivity contribution in [1.29, 1.82) is 0 Å². The molecule has 3 aromatic heterocycles. The fourth-order valence-electron chi connectivity index (χ4n) is 4.85. The van der Waals surface area contributed by atoms with E-state index in [-0.39, 0.29) is 22.6 Å². The Hall–Kier alpha value is -3.91. The molecule has 0 saturated carbocycles. The van der Waals surface area contributed by atoms with E-state index in [4.69, 9.17) is 14.1 Å². The maximum Gasteiger partial charge on any atom is 0.316 e. The van der Waals surface area contributed by atoms with Crippen molar-refractivity contribution in [1.82, 2.24) is 34.6 Å². The molecule has 14 heteroatoms. The zero-order valence-electron chi connectivity index (χ0n) is 20.5. The fourth-order valence-corrected chi connectivity index (χ4v) is 6.64. The van der Waals surface area contributed by atoms with Crippen LogP contribution in [0.3, 0.4) is 0 Å². The van der Waals surface area contributed by atoms with Crippen LogP contribution in [0.2, 0.25) is 0 Å². The van der Waals surface area contributed by atoms with Crippen LogP contribution in [0.15, 0.2) is 58.6 Å².